The number of nitrogens with zero attached hydrogens (tertiary/aromatic N) is 2. The second kappa shape index (κ2) is 10.4. The van der Waals surface area contributed by atoms with Gasteiger partial charge in [0.05, 0.1) is 16.3 Å². The Balaban J connectivity index is 0.000000343. The summed E-state index contributed by atoms with van der Waals surface area (Å²) in [5, 5.41) is 11.5. The van der Waals surface area contributed by atoms with Crippen molar-refractivity contribution >= 4 is 15.9 Å². The average molecular weight is 495 g/mol. The summed E-state index contributed by atoms with van der Waals surface area (Å²) in [5.41, 5.74) is 0.996. The molecule has 0 saturated carbocycles. The molecule has 7 nitrogen and oxygen atoms in total. The number of aryl methyl sites for hydroxylation is 1. The molecule has 1 aromatic heterocycles. The molecule has 1 amide bonds. The lowest BCUT2D eigenvalue weighted by Crippen LogP contribution is -2.21. The summed E-state index contributed by atoms with van der Waals surface area (Å²) in [6.07, 6.45) is -0.429. The van der Waals surface area contributed by atoms with Gasteiger partial charge in [0.15, 0.2) is 5.69 Å². The zero-order valence-electron chi connectivity index (χ0n) is 18.5. The van der Waals surface area contributed by atoms with E-state index in [2.05, 4.69) is 10.4 Å². The number of aromatic nitrogens is 2. The molecule has 0 aliphatic carbocycles. The van der Waals surface area contributed by atoms with Crippen molar-refractivity contribution in [3.63, 3.8) is 0 Å². The standard InChI is InChI=1S/C17H14F3N3O2S.C6H11NO/c1-11-2-4-12(5-3-11)15-10-16(17(18,19)20)22-23(15)13-6-8-14(9-7-13)26(21,24)25;8-6-4-2-1-3-5-7-6/h2-10H,1H3,(H2,21,24,25);1-5H2,(H,7,8). The third-order valence-corrected chi connectivity index (χ3v) is 6.09. The zero-order chi connectivity index (χ0) is 24.9. The fourth-order valence-electron chi connectivity index (χ4n) is 3.33. The number of nitrogens with one attached hydrogen (secondary N) is 1. The molecule has 182 valence electrons. The predicted molar refractivity (Wildman–Crippen MR) is 122 cm³/mol. The molecular weight excluding hydrogens is 469 g/mol. The Labute approximate surface area is 195 Å². The van der Waals surface area contributed by atoms with E-state index in [4.69, 9.17) is 5.14 Å². The lowest BCUT2D eigenvalue weighted by atomic mass is 10.1. The minimum Gasteiger partial charge on any atom is -0.356 e. The van der Waals surface area contributed by atoms with Gasteiger partial charge in [-0.2, -0.15) is 18.3 Å². The topological polar surface area (TPSA) is 107 Å². The van der Waals surface area contributed by atoms with E-state index in [0.717, 1.165) is 42.1 Å². The zero-order valence-corrected chi connectivity index (χ0v) is 19.3. The van der Waals surface area contributed by atoms with E-state index < -0.39 is 21.9 Å². The molecule has 34 heavy (non-hydrogen) atoms. The number of amides is 1. The maximum atomic E-state index is 13.1. The van der Waals surface area contributed by atoms with Crippen molar-refractivity contribution < 1.29 is 26.4 Å². The highest BCUT2D eigenvalue weighted by atomic mass is 32.2. The van der Waals surface area contributed by atoms with E-state index in [9.17, 15) is 26.4 Å². The molecule has 0 unspecified atom stereocenters. The first-order valence-corrected chi connectivity index (χ1v) is 12.1. The van der Waals surface area contributed by atoms with Crippen molar-refractivity contribution in [2.45, 2.75) is 43.7 Å². The van der Waals surface area contributed by atoms with Gasteiger partial charge in [0, 0.05) is 18.5 Å². The molecule has 1 aliphatic heterocycles. The van der Waals surface area contributed by atoms with Crippen LogP contribution in [0.15, 0.2) is 59.5 Å². The van der Waals surface area contributed by atoms with Gasteiger partial charge < -0.3 is 5.32 Å². The summed E-state index contributed by atoms with van der Waals surface area (Å²) < 4.78 is 63.2. The molecule has 2 aromatic carbocycles. The molecule has 1 fully saturated rings. The molecular formula is C23H25F3N4O3S. The number of primary sulfonamides is 1. The Morgan fingerprint density at radius 2 is 1.65 bits per heavy atom. The van der Waals surface area contributed by atoms with Crippen LogP contribution in [0.5, 0.6) is 0 Å². The lowest BCUT2D eigenvalue weighted by molar-refractivity contribution is -0.141. The predicted octanol–water partition coefficient (Wildman–Crippen LogP) is 4.19. The number of sulfonamides is 1. The minimum absolute atomic E-state index is 0.138. The Morgan fingerprint density at radius 1 is 1.00 bits per heavy atom. The van der Waals surface area contributed by atoms with Crippen molar-refractivity contribution in [1.29, 1.82) is 0 Å². The second-order valence-electron chi connectivity index (χ2n) is 7.89. The molecule has 4 rings (SSSR count). The van der Waals surface area contributed by atoms with Crippen molar-refractivity contribution in [1.82, 2.24) is 15.1 Å². The van der Waals surface area contributed by atoms with E-state index in [1.165, 1.54) is 30.7 Å². The summed E-state index contributed by atoms with van der Waals surface area (Å²) in [6, 6.07) is 13.1. The maximum absolute atomic E-state index is 13.1. The number of carbonyl (C=O) groups excluding carboxylic acids is 1. The largest absolute Gasteiger partial charge is 0.435 e. The molecule has 2 heterocycles. The van der Waals surface area contributed by atoms with Crippen molar-refractivity contribution in [2.75, 3.05) is 6.54 Å². The Morgan fingerprint density at radius 3 is 2.24 bits per heavy atom. The van der Waals surface area contributed by atoms with Gasteiger partial charge in [0.1, 0.15) is 0 Å². The second-order valence-corrected chi connectivity index (χ2v) is 9.45. The molecule has 0 radical (unpaired) electrons. The third kappa shape index (κ3) is 6.67. The number of benzene rings is 2. The first-order chi connectivity index (χ1) is 15.9. The summed E-state index contributed by atoms with van der Waals surface area (Å²) in [7, 11) is -3.90. The fraction of sp³-hybridized carbons (Fsp3) is 0.304. The lowest BCUT2D eigenvalue weighted by Gasteiger charge is -2.09. The molecule has 0 spiro atoms. The Hall–Kier alpha value is -3.18. The van der Waals surface area contributed by atoms with E-state index >= 15 is 0 Å². The highest BCUT2D eigenvalue weighted by Crippen LogP contribution is 2.33. The molecule has 1 aliphatic rings. The number of halogens is 3. The van der Waals surface area contributed by atoms with Gasteiger partial charge in [-0.1, -0.05) is 36.2 Å². The molecule has 11 heteroatoms. The van der Waals surface area contributed by atoms with Crippen LogP contribution in [0.3, 0.4) is 0 Å². The van der Waals surface area contributed by atoms with Gasteiger partial charge >= 0.3 is 6.18 Å². The van der Waals surface area contributed by atoms with Gasteiger partial charge in [0.25, 0.3) is 0 Å². The maximum Gasteiger partial charge on any atom is 0.435 e. The summed E-state index contributed by atoms with van der Waals surface area (Å²) >= 11 is 0. The van der Waals surface area contributed by atoms with Crippen LogP contribution in [0.4, 0.5) is 13.2 Å². The van der Waals surface area contributed by atoms with Gasteiger partial charge in [0.2, 0.25) is 15.9 Å². The number of nitrogens with two attached hydrogens (primary N) is 1. The monoisotopic (exact) mass is 494 g/mol. The Kier molecular flexibility index (Phi) is 7.78. The van der Waals surface area contributed by atoms with Crippen LogP contribution in [0.1, 0.15) is 36.9 Å². The van der Waals surface area contributed by atoms with Gasteiger partial charge in [-0.25, -0.2) is 18.2 Å². The number of rotatable bonds is 3. The van der Waals surface area contributed by atoms with Crippen LogP contribution < -0.4 is 10.5 Å². The number of hydrogen-bond donors (Lipinski definition) is 2. The summed E-state index contributed by atoms with van der Waals surface area (Å²) in [6.45, 7) is 2.76. The molecule has 1 saturated heterocycles. The highest BCUT2D eigenvalue weighted by Gasteiger charge is 2.35. The van der Waals surface area contributed by atoms with Crippen LogP contribution in [-0.2, 0) is 21.0 Å². The number of hydrogen-bond acceptors (Lipinski definition) is 4. The minimum atomic E-state index is -4.61. The summed E-state index contributed by atoms with van der Waals surface area (Å²) in [4.78, 5) is 10.4. The van der Waals surface area contributed by atoms with Gasteiger partial charge in [-0.05, 0) is 50.1 Å². The van der Waals surface area contributed by atoms with Crippen LogP contribution >= 0.6 is 0 Å². The highest BCUT2D eigenvalue weighted by molar-refractivity contribution is 7.89. The first kappa shape index (κ1) is 25.4. The van der Waals surface area contributed by atoms with Crippen molar-refractivity contribution in [3.8, 4) is 16.9 Å². The normalized spacial score (nSPS) is 14.6. The molecule has 3 aromatic rings. The van der Waals surface area contributed by atoms with Crippen molar-refractivity contribution in [2.24, 2.45) is 5.14 Å². The third-order valence-electron chi connectivity index (χ3n) is 5.16. The molecule has 0 atom stereocenters. The fourth-order valence-corrected chi connectivity index (χ4v) is 3.84. The van der Waals surface area contributed by atoms with Crippen molar-refractivity contribution in [3.05, 3.63) is 65.9 Å². The summed E-state index contributed by atoms with van der Waals surface area (Å²) in [5.74, 6) is 0.225. The van der Waals surface area contributed by atoms with Gasteiger partial charge in [-0.15, -0.1) is 0 Å². The van der Waals surface area contributed by atoms with E-state index in [0.29, 0.717) is 5.56 Å². The van der Waals surface area contributed by atoms with E-state index in [1.807, 2.05) is 6.92 Å². The molecule has 0 bridgehead atoms. The van der Waals surface area contributed by atoms with E-state index in [1.54, 1.807) is 24.3 Å². The number of alkyl halides is 3. The molecule has 3 N–H and O–H groups in total. The number of carbonyl (C=O) groups is 1. The quantitative estimate of drug-likeness (QED) is 0.569. The van der Waals surface area contributed by atoms with Gasteiger partial charge in [-0.3, -0.25) is 4.79 Å². The van der Waals surface area contributed by atoms with Crippen LogP contribution in [0.2, 0.25) is 0 Å². The average Bonchev–Trinajstić information content (AvgIpc) is 3.09. The van der Waals surface area contributed by atoms with Crippen LogP contribution in [0.25, 0.3) is 16.9 Å². The SMILES string of the molecule is Cc1ccc(-c2cc(C(F)(F)F)nn2-c2ccc(S(N)(=O)=O)cc2)cc1.O=C1CCCCCN1. The van der Waals surface area contributed by atoms with Crippen LogP contribution in [0, 0.1) is 6.92 Å². The van der Waals surface area contributed by atoms with Crippen LogP contribution in [-0.4, -0.2) is 30.7 Å². The smallest absolute Gasteiger partial charge is 0.356 e. The Bertz CT molecular complexity index is 1230. The van der Waals surface area contributed by atoms with E-state index in [-0.39, 0.29) is 22.2 Å². The first-order valence-electron chi connectivity index (χ1n) is 10.6.